The normalized spacial score (nSPS) is 15.7. The Hall–Kier alpha value is -5.48. The Morgan fingerprint density at radius 2 is 2.19 bits per heavy atom. The third-order valence-corrected chi connectivity index (χ3v) is 7.14. The number of pyridine rings is 2. The molecule has 5 aromatic rings. The highest BCUT2D eigenvalue weighted by atomic mass is 16.5. The van der Waals surface area contributed by atoms with Crippen molar-refractivity contribution < 1.29 is 24.1 Å². The molecule has 42 heavy (non-hydrogen) atoms. The molecule has 0 unspecified atom stereocenters. The molecule has 0 aliphatic carbocycles. The Kier molecular flexibility index (Phi) is 6.37. The van der Waals surface area contributed by atoms with E-state index in [2.05, 4.69) is 42.3 Å². The zero-order valence-electron chi connectivity index (χ0n) is 22.6. The van der Waals surface area contributed by atoms with Crippen molar-refractivity contribution in [1.82, 2.24) is 29.8 Å². The van der Waals surface area contributed by atoms with Gasteiger partial charge < -0.3 is 30.1 Å². The third kappa shape index (κ3) is 4.95. The second-order valence-electron chi connectivity index (χ2n) is 10.0. The number of hydrogen-bond acceptors (Lipinski definition) is 10. The predicted molar refractivity (Wildman–Crippen MR) is 152 cm³/mol. The maximum Gasteiger partial charge on any atom is 0.382 e. The minimum atomic E-state index is -1.17. The molecular weight excluding hydrogens is 538 g/mol. The molecule has 7 rings (SSSR count). The van der Waals surface area contributed by atoms with Gasteiger partial charge in [-0.15, -0.1) is 9.20 Å². The molecule has 1 saturated heterocycles. The lowest BCUT2D eigenvalue weighted by Gasteiger charge is -2.31. The average Bonchev–Trinajstić information content (AvgIpc) is 3.34. The van der Waals surface area contributed by atoms with Crippen molar-refractivity contribution in [3.63, 3.8) is 0 Å². The summed E-state index contributed by atoms with van der Waals surface area (Å²) in [5.41, 5.74) is 3.78. The van der Waals surface area contributed by atoms with E-state index in [1.165, 1.54) is 6.33 Å². The average molecular weight is 565 g/mol. The topological polar surface area (TPSA) is 143 Å². The fourth-order valence-corrected chi connectivity index (χ4v) is 5.14. The van der Waals surface area contributed by atoms with Crippen LogP contribution in [-0.4, -0.2) is 67.8 Å². The lowest BCUT2D eigenvalue weighted by Crippen LogP contribution is -2.51. The van der Waals surface area contributed by atoms with E-state index in [9.17, 15) is 4.79 Å². The Bertz CT molecular complexity index is 1910. The highest BCUT2D eigenvalue weighted by Gasteiger charge is 2.28. The van der Waals surface area contributed by atoms with Gasteiger partial charge >= 0.3 is 12.3 Å². The van der Waals surface area contributed by atoms with E-state index in [0.29, 0.717) is 40.6 Å². The summed E-state index contributed by atoms with van der Waals surface area (Å²) in [4.78, 5) is 31.2. The number of aryl methyl sites for hydroxylation is 1. The number of ether oxygens (including phenoxy) is 2. The van der Waals surface area contributed by atoms with Crippen LogP contribution in [0.4, 0.5) is 17.3 Å². The molecule has 6 heterocycles. The summed E-state index contributed by atoms with van der Waals surface area (Å²) in [6.07, 6.45) is 4.91. The molecular formula is C29H26N9O4+. The van der Waals surface area contributed by atoms with Gasteiger partial charge in [-0.25, -0.2) is 19.7 Å². The third-order valence-electron chi connectivity index (χ3n) is 7.14. The van der Waals surface area contributed by atoms with Crippen molar-refractivity contribution in [2.24, 2.45) is 0 Å². The minimum Gasteiger partial charge on any atom is -0.488 e. The largest absolute Gasteiger partial charge is 0.488 e. The fourth-order valence-electron chi connectivity index (χ4n) is 5.14. The van der Waals surface area contributed by atoms with Crippen molar-refractivity contribution in [3.8, 4) is 29.1 Å². The second-order valence-corrected chi connectivity index (χ2v) is 10.0. The van der Waals surface area contributed by atoms with Crippen LogP contribution in [0.5, 0.6) is 17.2 Å². The van der Waals surface area contributed by atoms with E-state index in [-0.39, 0.29) is 12.6 Å². The fraction of sp³-hybridized carbons (Fsp3) is 0.241. The van der Waals surface area contributed by atoms with Crippen LogP contribution in [0.1, 0.15) is 5.56 Å². The minimum absolute atomic E-state index is 0.199. The van der Waals surface area contributed by atoms with Gasteiger partial charge in [-0.3, -0.25) is 0 Å². The van der Waals surface area contributed by atoms with E-state index in [1.807, 2.05) is 37.3 Å². The summed E-state index contributed by atoms with van der Waals surface area (Å²) in [7, 11) is 0. The first-order valence-electron chi connectivity index (χ1n) is 13.4. The number of carboxylic acid groups (broad SMARTS) is 1. The Morgan fingerprint density at radius 1 is 1.26 bits per heavy atom. The van der Waals surface area contributed by atoms with E-state index < -0.39 is 5.97 Å². The molecule has 13 nitrogen and oxygen atoms in total. The van der Waals surface area contributed by atoms with E-state index >= 15 is 0 Å². The number of hydrogen-bond donors (Lipinski definition) is 3. The lowest BCUT2D eigenvalue weighted by molar-refractivity contribution is -0.750. The highest BCUT2D eigenvalue weighted by molar-refractivity contribution is 5.90. The molecule has 1 fully saturated rings. The number of aliphatic carboxylic acids is 1. The van der Waals surface area contributed by atoms with Crippen LogP contribution < -0.4 is 29.7 Å². The Balaban J connectivity index is 1.11. The van der Waals surface area contributed by atoms with Gasteiger partial charge in [0.25, 0.3) is 5.65 Å². The van der Waals surface area contributed by atoms with Crippen molar-refractivity contribution >= 4 is 40.0 Å². The number of benzene rings is 1. The predicted octanol–water partition coefficient (Wildman–Crippen LogP) is 2.06. The van der Waals surface area contributed by atoms with Crippen LogP contribution in [0.15, 0.2) is 55.2 Å². The molecule has 0 amide bonds. The number of piperazine rings is 1. The molecule has 2 aliphatic heterocycles. The van der Waals surface area contributed by atoms with E-state index in [4.69, 9.17) is 19.6 Å². The van der Waals surface area contributed by atoms with Gasteiger partial charge in [0.1, 0.15) is 29.9 Å². The number of nitrogens with one attached hydrogen (secondary N) is 2. The summed E-state index contributed by atoms with van der Waals surface area (Å²) >= 11 is 0. The summed E-state index contributed by atoms with van der Waals surface area (Å²) in [5, 5.41) is 15.6. The molecule has 2 aliphatic rings. The maximum atomic E-state index is 10.6. The first-order chi connectivity index (χ1) is 20.5. The number of fused-ring (bicyclic) bond motifs is 6. The van der Waals surface area contributed by atoms with Crippen molar-refractivity contribution in [1.29, 1.82) is 0 Å². The summed E-state index contributed by atoms with van der Waals surface area (Å²) in [6.45, 7) is 5.36. The van der Waals surface area contributed by atoms with Gasteiger partial charge in [-0.2, -0.15) is 0 Å². The number of carboxylic acids is 1. The van der Waals surface area contributed by atoms with Crippen molar-refractivity contribution in [2.75, 3.05) is 36.5 Å². The summed E-state index contributed by atoms with van der Waals surface area (Å²) in [6, 6.07) is 11.6. The lowest BCUT2D eigenvalue weighted by atomic mass is 10.2. The van der Waals surface area contributed by atoms with E-state index in [1.54, 1.807) is 27.8 Å². The monoisotopic (exact) mass is 564 g/mol. The Morgan fingerprint density at radius 3 is 3.07 bits per heavy atom. The smallest absolute Gasteiger partial charge is 0.382 e. The van der Waals surface area contributed by atoms with Gasteiger partial charge in [0, 0.05) is 43.4 Å². The van der Waals surface area contributed by atoms with Crippen LogP contribution in [0.25, 0.3) is 16.7 Å². The number of rotatable bonds is 5. The molecule has 210 valence electrons. The molecule has 13 heteroatoms. The first kappa shape index (κ1) is 25.5. The van der Waals surface area contributed by atoms with Crippen LogP contribution in [0.3, 0.4) is 0 Å². The van der Waals surface area contributed by atoms with E-state index in [0.717, 1.165) is 42.5 Å². The summed E-state index contributed by atoms with van der Waals surface area (Å²) in [5.74, 6) is 7.01. The Labute approximate surface area is 239 Å². The first-order valence-corrected chi connectivity index (χ1v) is 13.4. The van der Waals surface area contributed by atoms with Crippen LogP contribution in [-0.2, 0) is 11.3 Å². The van der Waals surface area contributed by atoms with Gasteiger partial charge in [-0.1, -0.05) is 0 Å². The number of carbonyl (C=O) groups is 1. The summed E-state index contributed by atoms with van der Waals surface area (Å²) < 4.78 is 15.7. The SMILES string of the molecule is Cc1cc(Nc2ncnc3cc4c(nc23)N2CCN[C@H](CO4)C2)ccc1Oc1ccn2c(c1)nc[n+]2CC#CC(=O)O. The maximum absolute atomic E-state index is 10.6. The number of anilines is 3. The van der Waals surface area contributed by atoms with Crippen LogP contribution in [0.2, 0.25) is 0 Å². The molecule has 2 bridgehead atoms. The number of nitrogens with zero attached hydrogens (tertiary/aromatic N) is 7. The van der Waals surface area contributed by atoms with Gasteiger partial charge in [0.05, 0.1) is 23.8 Å². The molecule has 0 saturated carbocycles. The van der Waals surface area contributed by atoms with Gasteiger partial charge in [-0.05, 0) is 41.6 Å². The molecule has 0 spiro atoms. The zero-order valence-corrected chi connectivity index (χ0v) is 22.6. The molecule has 0 radical (unpaired) electrons. The molecule has 1 aromatic carbocycles. The molecule has 1 atom stereocenters. The van der Waals surface area contributed by atoms with Crippen LogP contribution >= 0.6 is 0 Å². The van der Waals surface area contributed by atoms with Crippen molar-refractivity contribution in [3.05, 3.63) is 60.8 Å². The molecule has 3 N–H and O–H groups in total. The number of aromatic nitrogens is 6. The standard InChI is InChI=1S/C29H25N9O4/c1-18-11-19(4-5-23(18)42-21-6-9-38-25(12-21)33-17-37(38)8-2-3-26(39)40)34-28-27-22(31-16-32-28)13-24-29(35-27)36-10-7-30-20(14-36)15-41-24/h4-6,9,11-13,16-17,20,30H,7-8,10,14-15H2,1H3,(H-,31,32,34,39,40)/p+1/t20-/m0/s1. The van der Waals surface area contributed by atoms with Crippen LogP contribution in [0, 0.1) is 18.8 Å². The zero-order chi connectivity index (χ0) is 28.6. The second kappa shape index (κ2) is 10.5. The van der Waals surface area contributed by atoms with Crippen molar-refractivity contribution in [2.45, 2.75) is 19.5 Å². The molecule has 4 aromatic heterocycles. The van der Waals surface area contributed by atoms with Gasteiger partial charge in [0.15, 0.2) is 23.9 Å². The van der Waals surface area contributed by atoms with Gasteiger partial charge in [0.2, 0.25) is 0 Å². The quantitative estimate of drug-likeness (QED) is 0.213. The highest BCUT2D eigenvalue weighted by Crippen LogP contribution is 2.35.